The monoisotopic (exact) mass is 493 g/mol. The van der Waals surface area contributed by atoms with Gasteiger partial charge in [0.2, 0.25) is 0 Å². The SMILES string of the molecule is Cc1ccc2nc(/C(C#N)=C\c3cc(Br)ccc3OCc3cccc4ccccc34)[nH]c2c1. The maximum atomic E-state index is 9.88. The number of nitriles is 1. The number of hydrogen-bond acceptors (Lipinski definition) is 3. The topological polar surface area (TPSA) is 61.7 Å². The van der Waals surface area contributed by atoms with Crippen molar-refractivity contribution in [2.75, 3.05) is 0 Å². The fraction of sp³-hybridized carbons (Fsp3) is 0.0714. The number of H-pyrrole nitrogens is 1. The van der Waals surface area contributed by atoms with Gasteiger partial charge in [0.15, 0.2) is 0 Å². The molecule has 0 radical (unpaired) electrons. The van der Waals surface area contributed by atoms with Crippen LogP contribution in [0.1, 0.15) is 22.5 Å². The van der Waals surface area contributed by atoms with E-state index in [4.69, 9.17) is 4.74 Å². The van der Waals surface area contributed by atoms with Crippen LogP contribution < -0.4 is 4.74 Å². The third kappa shape index (κ3) is 4.39. The summed E-state index contributed by atoms with van der Waals surface area (Å²) in [5, 5.41) is 12.2. The van der Waals surface area contributed by atoms with Gasteiger partial charge in [0.1, 0.15) is 24.3 Å². The molecular weight excluding hydrogens is 474 g/mol. The summed E-state index contributed by atoms with van der Waals surface area (Å²) in [6.07, 6.45) is 1.81. The lowest BCUT2D eigenvalue weighted by atomic mass is 10.1. The molecule has 0 bridgehead atoms. The molecule has 1 aromatic heterocycles. The average molecular weight is 494 g/mol. The van der Waals surface area contributed by atoms with Crippen molar-refractivity contribution in [1.82, 2.24) is 9.97 Å². The molecule has 1 N–H and O–H groups in total. The van der Waals surface area contributed by atoms with Crippen LogP contribution in [0.3, 0.4) is 0 Å². The largest absolute Gasteiger partial charge is 0.488 e. The van der Waals surface area contributed by atoms with E-state index in [1.165, 1.54) is 10.8 Å². The third-order valence-electron chi connectivity index (χ3n) is 5.55. The highest BCUT2D eigenvalue weighted by atomic mass is 79.9. The third-order valence-corrected chi connectivity index (χ3v) is 6.04. The predicted octanol–water partition coefficient (Wildman–Crippen LogP) is 7.43. The van der Waals surface area contributed by atoms with Gasteiger partial charge < -0.3 is 9.72 Å². The Balaban J connectivity index is 1.49. The molecule has 4 aromatic carbocycles. The Morgan fingerprint density at radius 3 is 2.79 bits per heavy atom. The normalized spacial score (nSPS) is 11.6. The first-order valence-electron chi connectivity index (χ1n) is 10.6. The minimum atomic E-state index is 0.426. The predicted molar refractivity (Wildman–Crippen MR) is 137 cm³/mol. The molecule has 33 heavy (non-hydrogen) atoms. The number of ether oxygens (including phenoxy) is 1. The van der Waals surface area contributed by atoms with Crippen molar-refractivity contribution in [3.8, 4) is 11.8 Å². The van der Waals surface area contributed by atoms with E-state index in [1.807, 2.05) is 67.6 Å². The molecule has 0 atom stereocenters. The van der Waals surface area contributed by atoms with Crippen LogP contribution in [0.5, 0.6) is 5.75 Å². The Hall–Kier alpha value is -3.88. The molecule has 0 saturated heterocycles. The summed E-state index contributed by atoms with van der Waals surface area (Å²) in [7, 11) is 0. The van der Waals surface area contributed by atoms with E-state index >= 15 is 0 Å². The number of benzene rings is 4. The highest BCUT2D eigenvalue weighted by Crippen LogP contribution is 2.29. The van der Waals surface area contributed by atoms with E-state index in [0.717, 1.165) is 32.2 Å². The van der Waals surface area contributed by atoms with E-state index in [0.29, 0.717) is 23.8 Å². The standard InChI is InChI=1S/C28H20BrN3O/c1-18-9-11-25-26(13-18)32-28(31-25)22(16-30)14-21-15-23(29)10-12-27(21)33-17-20-7-4-6-19-5-2-3-8-24(19)20/h2-15H,17H2,1H3,(H,31,32)/b22-14-. The number of fused-ring (bicyclic) bond motifs is 2. The van der Waals surface area contributed by atoms with Crippen molar-refractivity contribution in [1.29, 1.82) is 5.26 Å². The molecule has 0 aliphatic heterocycles. The van der Waals surface area contributed by atoms with Crippen molar-refractivity contribution in [3.63, 3.8) is 0 Å². The fourth-order valence-corrected chi connectivity index (χ4v) is 4.28. The molecule has 5 rings (SSSR count). The summed E-state index contributed by atoms with van der Waals surface area (Å²) in [5.41, 5.74) is 5.23. The number of nitrogens with zero attached hydrogens (tertiary/aromatic N) is 2. The van der Waals surface area contributed by atoms with Crippen LogP contribution in [0.15, 0.2) is 83.3 Å². The first kappa shape index (κ1) is 21.0. The first-order valence-corrected chi connectivity index (χ1v) is 11.4. The minimum Gasteiger partial charge on any atom is -0.488 e. The summed E-state index contributed by atoms with van der Waals surface area (Å²) in [6.45, 7) is 2.46. The van der Waals surface area contributed by atoms with Gasteiger partial charge in [-0.05, 0) is 65.2 Å². The van der Waals surface area contributed by atoms with Gasteiger partial charge in [0.25, 0.3) is 0 Å². The number of aromatic nitrogens is 2. The minimum absolute atomic E-state index is 0.426. The molecule has 0 saturated carbocycles. The van der Waals surface area contributed by atoms with E-state index in [2.05, 4.69) is 56.2 Å². The molecule has 5 aromatic rings. The zero-order chi connectivity index (χ0) is 22.8. The summed E-state index contributed by atoms with van der Waals surface area (Å²) in [5.74, 6) is 1.24. The quantitative estimate of drug-likeness (QED) is 0.259. The molecule has 0 amide bonds. The summed E-state index contributed by atoms with van der Waals surface area (Å²) in [4.78, 5) is 7.87. The van der Waals surface area contributed by atoms with Crippen LogP contribution in [0.4, 0.5) is 0 Å². The number of aryl methyl sites for hydroxylation is 1. The lowest BCUT2D eigenvalue weighted by molar-refractivity contribution is 0.307. The zero-order valence-electron chi connectivity index (χ0n) is 18.0. The van der Waals surface area contributed by atoms with Gasteiger partial charge in [-0.15, -0.1) is 0 Å². The molecule has 160 valence electrons. The number of imidazole rings is 1. The highest BCUT2D eigenvalue weighted by molar-refractivity contribution is 9.10. The van der Waals surface area contributed by atoms with Crippen LogP contribution in [0.25, 0.3) is 33.5 Å². The van der Waals surface area contributed by atoms with Gasteiger partial charge in [0, 0.05) is 10.0 Å². The van der Waals surface area contributed by atoms with Crippen LogP contribution in [-0.2, 0) is 6.61 Å². The first-order chi connectivity index (χ1) is 16.1. The number of allylic oxidation sites excluding steroid dienone is 1. The number of rotatable bonds is 5. The zero-order valence-corrected chi connectivity index (χ0v) is 19.6. The van der Waals surface area contributed by atoms with Crippen LogP contribution in [0, 0.1) is 18.3 Å². The van der Waals surface area contributed by atoms with Crippen molar-refractivity contribution in [2.45, 2.75) is 13.5 Å². The lowest BCUT2D eigenvalue weighted by Crippen LogP contribution is -1.98. The second-order valence-corrected chi connectivity index (χ2v) is 8.80. The molecule has 0 fully saturated rings. The smallest absolute Gasteiger partial charge is 0.149 e. The fourth-order valence-electron chi connectivity index (χ4n) is 3.90. The molecule has 4 nitrogen and oxygen atoms in total. The van der Waals surface area contributed by atoms with E-state index in [9.17, 15) is 5.26 Å². The molecule has 0 unspecified atom stereocenters. The van der Waals surface area contributed by atoms with Gasteiger partial charge in [-0.2, -0.15) is 5.26 Å². The number of aromatic amines is 1. The number of nitrogens with one attached hydrogen (secondary N) is 1. The van der Waals surface area contributed by atoms with E-state index < -0.39 is 0 Å². The van der Waals surface area contributed by atoms with Crippen molar-refractivity contribution < 1.29 is 4.74 Å². The van der Waals surface area contributed by atoms with Crippen LogP contribution in [0.2, 0.25) is 0 Å². The molecular formula is C28H20BrN3O. The van der Waals surface area contributed by atoms with Crippen molar-refractivity contribution in [2.24, 2.45) is 0 Å². The Kier molecular flexibility index (Phi) is 5.68. The van der Waals surface area contributed by atoms with E-state index in [-0.39, 0.29) is 0 Å². The Bertz CT molecular complexity index is 1550. The average Bonchev–Trinajstić information content (AvgIpc) is 3.25. The number of halogens is 1. The maximum Gasteiger partial charge on any atom is 0.149 e. The van der Waals surface area contributed by atoms with Crippen molar-refractivity contribution in [3.05, 3.63) is 106 Å². The summed E-state index contributed by atoms with van der Waals surface area (Å²) in [6, 6.07) is 28.6. The van der Waals surface area contributed by atoms with Gasteiger partial charge >= 0.3 is 0 Å². The lowest BCUT2D eigenvalue weighted by Gasteiger charge is -2.12. The van der Waals surface area contributed by atoms with Gasteiger partial charge in [-0.1, -0.05) is 64.5 Å². The molecule has 0 aliphatic rings. The Labute approximate surface area is 200 Å². The van der Waals surface area contributed by atoms with Gasteiger partial charge in [0.05, 0.1) is 16.6 Å². The maximum absolute atomic E-state index is 9.88. The highest BCUT2D eigenvalue weighted by Gasteiger charge is 2.11. The molecule has 5 heteroatoms. The summed E-state index contributed by atoms with van der Waals surface area (Å²) < 4.78 is 7.14. The Morgan fingerprint density at radius 2 is 1.91 bits per heavy atom. The van der Waals surface area contributed by atoms with Crippen LogP contribution >= 0.6 is 15.9 Å². The summed E-state index contributed by atoms with van der Waals surface area (Å²) >= 11 is 3.54. The second-order valence-electron chi connectivity index (χ2n) is 7.88. The number of hydrogen-bond donors (Lipinski definition) is 1. The molecule has 0 spiro atoms. The molecule has 0 aliphatic carbocycles. The van der Waals surface area contributed by atoms with E-state index in [1.54, 1.807) is 0 Å². The van der Waals surface area contributed by atoms with Gasteiger partial charge in [-0.3, -0.25) is 0 Å². The Morgan fingerprint density at radius 1 is 1.06 bits per heavy atom. The van der Waals surface area contributed by atoms with Gasteiger partial charge in [-0.25, -0.2) is 4.98 Å². The van der Waals surface area contributed by atoms with Crippen LogP contribution in [-0.4, -0.2) is 9.97 Å². The molecule has 1 heterocycles. The van der Waals surface area contributed by atoms with Crippen molar-refractivity contribution >= 4 is 49.4 Å². The second kappa shape index (κ2) is 8.93.